The van der Waals surface area contributed by atoms with E-state index in [-0.39, 0.29) is 17.8 Å². The SMILES string of the molecule is O=C(Nc1cccc(F)c1)[C@H]1CSCN1. The van der Waals surface area contributed by atoms with E-state index < -0.39 is 0 Å². The minimum atomic E-state index is -0.346. The highest BCUT2D eigenvalue weighted by Crippen LogP contribution is 2.13. The lowest BCUT2D eigenvalue weighted by Gasteiger charge is -2.10. The lowest BCUT2D eigenvalue weighted by Crippen LogP contribution is -2.37. The van der Waals surface area contributed by atoms with Crippen molar-refractivity contribution in [3.8, 4) is 0 Å². The molecule has 3 nitrogen and oxygen atoms in total. The Morgan fingerprint density at radius 3 is 3.13 bits per heavy atom. The van der Waals surface area contributed by atoms with Gasteiger partial charge in [-0.15, -0.1) is 11.8 Å². The van der Waals surface area contributed by atoms with Crippen LogP contribution in [-0.4, -0.2) is 23.6 Å². The number of hydrogen-bond acceptors (Lipinski definition) is 3. The van der Waals surface area contributed by atoms with Crippen LogP contribution < -0.4 is 10.6 Å². The number of carbonyl (C=O) groups excluding carboxylic acids is 1. The van der Waals surface area contributed by atoms with Crippen molar-refractivity contribution in [3.05, 3.63) is 30.1 Å². The number of amides is 1. The molecule has 5 heteroatoms. The van der Waals surface area contributed by atoms with E-state index in [4.69, 9.17) is 0 Å². The Kier molecular flexibility index (Phi) is 3.23. The number of benzene rings is 1. The smallest absolute Gasteiger partial charge is 0.242 e. The molecule has 1 aromatic rings. The largest absolute Gasteiger partial charge is 0.325 e. The molecule has 80 valence electrons. The van der Waals surface area contributed by atoms with E-state index in [2.05, 4.69) is 10.6 Å². The van der Waals surface area contributed by atoms with Crippen molar-refractivity contribution in [1.29, 1.82) is 0 Å². The summed E-state index contributed by atoms with van der Waals surface area (Å²) in [6, 6.07) is 5.72. The molecule has 1 atom stereocenters. The van der Waals surface area contributed by atoms with Crippen LogP contribution in [0.25, 0.3) is 0 Å². The van der Waals surface area contributed by atoms with Crippen LogP contribution in [-0.2, 0) is 4.79 Å². The van der Waals surface area contributed by atoms with Crippen LogP contribution in [0, 0.1) is 5.82 Å². The second-order valence-corrected chi connectivity index (χ2v) is 4.30. The molecule has 0 radical (unpaired) electrons. The monoisotopic (exact) mass is 226 g/mol. The van der Waals surface area contributed by atoms with Crippen LogP contribution in [0.5, 0.6) is 0 Å². The fourth-order valence-electron chi connectivity index (χ4n) is 1.36. The molecule has 1 saturated heterocycles. The molecule has 0 saturated carbocycles. The van der Waals surface area contributed by atoms with Gasteiger partial charge in [0.1, 0.15) is 5.82 Å². The molecule has 15 heavy (non-hydrogen) atoms. The first kappa shape index (κ1) is 10.4. The van der Waals surface area contributed by atoms with Gasteiger partial charge in [-0.2, -0.15) is 0 Å². The number of rotatable bonds is 2. The van der Waals surface area contributed by atoms with Crippen molar-refractivity contribution < 1.29 is 9.18 Å². The molecule has 1 aliphatic heterocycles. The fourth-order valence-corrected chi connectivity index (χ4v) is 2.30. The zero-order chi connectivity index (χ0) is 10.7. The van der Waals surface area contributed by atoms with Crippen molar-refractivity contribution in [3.63, 3.8) is 0 Å². The van der Waals surface area contributed by atoms with E-state index >= 15 is 0 Å². The Hall–Kier alpha value is -1.07. The minimum Gasteiger partial charge on any atom is -0.325 e. The maximum absolute atomic E-state index is 12.8. The van der Waals surface area contributed by atoms with Gasteiger partial charge in [-0.3, -0.25) is 10.1 Å². The molecule has 1 fully saturated rings. The van der Waals surface area contributed by atoms with Crippen molar-refractivity contribution >= 4 is 23.4 Å². The highest BCUT2D eigenvalue weighted by Gasteiger charge is 2.22. The van der Waals surface area contributed by atoms with Gasteiger partial charge in [0.25, 0.3) is 0 Å². The highest BCUT2D eigenvalue weighted by atomic mass is 32.2. The lowest BCUT2D eigenvalue weighted by molar-refractivity contribution is -0.117. The Labute approximate surface area is 91.4 Å². The van der Waals surface area contributed by atoms with Crippen molar-refractivity contribution in [2.75, 3.05) is 16.9 Å². The third-order valence-corrected chi connectivity index (χ3v) is 3.06. The van der Waals surface area contributed by atoms with E-state index in [0.717, 1.165) is 11.6 Å². The second-order valence-electron chi connectivity index (χ2n) is 3.27. The first-order chi connectivity index (χ1) is 7.25. The summed E-state index contributed by atoms with van der Waals surface area (Å²) in [5.74, 6) is 1.11. The number of hydrogen-bond donors (Lipinski definition) is 2. The molecule has 1 amide bonds. The average Bonchev–Trinajstić information content (AvgIpc) is 2.70. The number of thioether (sulfide) groups is 1. The Balaban J connectivity index is 1.99. The fraction of sp³-hybridized carbons (Fsp3) is 0.300. The summed E-state index contributed by atoms with van der Waals surface area (Å²) in [5.41, 5.74) is 0.499. The maximum Gasteiger partial charge on any atom is 0.242 e. The summed E-state index contributed by atoms with van der Waals surface area (Å²) in [7, 11) is 0. The number of anilines is 1. The van der Waals surface area contributed by atoms with E-state index in [1.807, 2.05) is 0 Å². The van der Waals surface area contributed by atoms with Crippen molar-refractivity contribution in [1.82, 2.24) is 5.32 Å². The average molecular weight is 226 g/mol. The van der Waals surface area contributed by atoms with Gasteiger partial charge in [-0.1, -0.05) is 6.07 Å². The number of nitrogens with one attached hydrogen (secondary N) is 2. The van der Waals surface area contributed by atoms with Gasteiger partial charge >= 0.3 is 0 Å². The molecule has 1 aromatic carbocycles. The summed E-state index contributed by atoms with van der Waals surface area (Å²) in [5, 5.41) is 5.72. The predicted octanol–water partition coefficient (Wildman–Crippen LogP) is 1.43. The zero-order valence-corrected chi connectivity index (χ0v) is 8.81. The van der Waals surface area contributed by atoms with Gasteiger partial charge < -0.3 is 5.32 Å². The lowest BCUT2D eigenvalue weighted by atomic mass is 10.2. The van der Waals surface area contributed by atoms with Gasteiger partial charge in [0.05, 0.1) is 6.04 Å². The summed E-state index contributed by atoms with van der Waals surface area (Å²) in [6.45, 7) is 0. The summed E-state index contributed by atoms with van der Waals surface area (Å²) in [4.78, 5) is 11.6. The number of carbonyl (C=O) groups is 1. The van der Waals surface area contributed by atoms with Crippen molar-refractivity contribution in [2.45, 2.75) is 6.04 Å². The van der Waals surface area contributed by atoms with Crippen LogP contribution in [0.3, 0.4) is 0 Å². The van der Waals surface area contributed by atoms with Gasteiger partial charge in [0, 0.05) is 17.3 Å². The zero-order valence-electron chi connectivity index (χ0n) is 8.00. The second kappa shape index (κ2) is 4.63. The minimum absolute atomic E-state index is 0.106. The Morgan fingerprint density at radius 2 is 2.47 bits per heavy atom. The summed E-state index contributed by atoms with van der Waals surface area (Å²) >= 11 is 1.68. The quantitative estimate of drug-likeness (QED) is 0.801. The molecule has 0 bridgehead atoms. The van der Waals surface area contributed by atoms with E-state index in [0.29, 0.717) is 5.69 Å². The Morgan fingerprint density at radius 1 is 1.60 bits per heavy atom. The molecule has 1 heterocycles. The molecular formula is C10H11FN2OS. The van der Waals surface area contributed by atoms with E-state index in [1.54, 1.807) is 23.9 Å². The van der Waals surface area contributed by atoms with Crippen LogP contribution in [0.15, 0.2) is 24.3 Å². The standard InChI is InChI=1S/C10H11FN2OS/c11-7-2-1-3-8(4-7)13-10(14)9-5-15-6-12-9/h1-4,9,12H,5-6H2,(H,13,14)/t9-/m1/s1. The normalized spacial score (nSPS) is 20.2. The summed E-state index contributed by atoms with van der Waals surface area (Å²) in [6.07, 6.45) is 0. The molecule has 0 aliphatic carbocycles. The first-order valence-corrected chi connectivity index (χ1v) is 5.79. The molecule has 1 aliphatic rings. The molecule has 2 N–H and O–H groups in total. The molecule has 0 unspecified atom stereocenters. The topological polar surface area (TPSA) is 41.1 Å². The van der Waals surface area contributed by atoms with Crippen LogP contribution in [0.1, 0.15) is 0 Å². The van der Waals surface area contributed by atoms with E-state index in [1.165, 1.54) is 12.1 Å². The van der Waals surface area contributed by atoms with Crippen LogP contribution in [0.2, 0.25) is 0 Å². The Bertz CT molecular complexity index is 366. The molecule has 0 spiro atoms. The van der Waals surface area contributed by atoms with Crippen LogP contribution >= 0.6 is 11.8 Å². The predicted molar refractivity (Wildman–Crippen MR) is 59.3 cm³/mol. The third-order valence-electron chi connectivity index (χ3n) is 2.12. The van der Waals surface area contributed by atoms with Gasteiger partial charge in [-0.05, 0) is 18.2 Å². The van der Waals surface area contributed by atoms with Gasteiger partial charge in [0.2, 0.25) is 5.91 Å². The van der Waals surface area contributed by atoms with Crippen LogP contribution in [0.4, 0.5) is 10.1 Å². The summed E-state index contributed by atoms with van der Waals surface area (Å²) < 4.78 is 12.8. The molecular weight excluding hydrogens is 215 g/mol. The maximum atomic E-state index is 12.8. The highest BCUT2D eigenvalue weighted by molar-refractivity contribution is 7.99. The number of halogens is 1. The van der Waals surface area contributed by atoms with E-state index in [9.17, 15) is 9.18 Å². The van der Waals surface area contributed by atoms with Gasteiger partial charge in [-0.25, -0.2) is 4.39 Å². The first-order valence-electron chi connectivity index (χ1n) is 4.63. The van der Waals surface area contributed by atoms with Gasteiger partial charge in [0.15, 0.2) is 0 Å². The molecule has 2 rings (SSSR count). The van der Waals surface area contributed by atoms with Crippen molar-refractivity contribution in [2.24, 2.45) is 0 Å². The molecule has 0 aromatic heterocycles. The third kappa shape index (κ3) is 2.70.